The second kappa shape index (κ2) is 5.96. The van der Waals surface area contributed by atoms with Crippen molar-refractivity contribution in [2.75, 3.05) is 0 Å². The van der Waals surface area contributed by atoms with Crippen LogP contribution < -0.4 is 4.74 Å². The molecule has 0 aliphatic rings. The summed E-state index contributed by atoms with van der Waals surface area (Å²) >= 11 is 15.5. The monoisotopic (exact) mass is 344 g/mol. The van der Waals surface area contributed by atoms with Crippen LogP contribution in [0.1, 0.15) is 11.1 Å². The fourth-order valence-electron chi connectivity index (χ4n) is 1.53. The Morgan fingerprint density at radius 1 is 1.17 bits per heavy atom. The van der Waals surface area contributed by atoms with Gasteiger partial charge in [0.15, 0.2) is 0 Å². The van der Waals surface area contributed by atoms with Crippen molar-refractivity contribution >= 4 is 39.1 Å². The van der Waals surface area contributed by atoms with Crippen LogP contribution in [0.4, 0.5) is 0 Å². The molecule has 94 valence electrons. The molecule has 2 aromatic carbocycles. The van der Waals surface area contributed by atoms with Crippen LogP contribution in [-0.4, -0.2) is 0 Å². The number of halogens is 3. The predicted molar refractivity (Wildman–Crippen MR) is 79.7 cm³/mol. The molecule has 0 spiro atoms. The lowest BCUT2D eigenvalue weighted by atomic mass is 10.2. The van der Waals surface area contributed by atoms with Crippen LogP contribution in [0.2, 0.25) is 10.0 Å². The summed E-state index contributed by atoms with van der Waals surface area (Å²) in [4.78, 5) is 0. The molecule has 2 aromatic rings. The number of hydrogen-bond acceptors (Lipinski definition) is 1. The third-order valence-electron chi connectivity index (χ3n) is 2.56. The van der Waals surface area contributed by atoms with Gasteiger partial charge in [0, 0.05) is 10.0 Å². The summed E-state index contributed by atoms with van der Waals surface area (Å²) in [7, 11) is 0. The molecule has 1 nitrogen and oxygen atoms in total. The zero-order valence-corrected chi connectivity index (χ0v) is 12.8. The minimum Gasteiger partial charge on any atom is -0.489 e. The summed E-state index contributed by atoms with van der Waals surface area (Å²) < 4.78 is 6.77. The first kappa shape index (κ1) is 13.7. The Morgan fingerprint density at radius 3 is 2.67 bits per heavy atom. The standard InChI is InChI=1S/C14H11BrCl2O/c1-9-7-11(5-6-12(9)15)18-8-10-3-2-4-13(16)14(10)17/h2-7H,8H2,1H3. The number of ether oxygens (including phenoxy) is 1. The fraction of sp³-hybridized carbons (Fsp3) is 0.143. The van der Waals surface area contributed by atoms with Gasteiger partial charge in [-0.25, -0.2) is 0 Å². The number of aryl methyl sites for hydroxylation is 1. The topological polar surface area (TPSA) is 9.23 Å². The summed E-state index contributed by atoms with van der Waals surface area (Å²) in [5.74, 6) is 0.812. The van der Waals surface area contributed by atoms with Crippen LogP contribution >= 0.6 is 39.1 Å². The summed E-state index contributed by atoms with van der Waals surface area (Å²) in [6, 6.07) is 11.4. The highest BCUT2D eigenvalue weighted by Crippen LogP contribution is 2.27. The maximum Gasteiger partial charge on any atom is 0.120 e. The Kier molecular flexibility index (Phi) is 4.55. The third kappa shape index (κ3) is 3.19. The molecule has 4 heteroatoms. The quantitative estimate of drug-likeness (QED) is 0.699. The zero-order valence-electron chi connectivity index (χ0n) is 9.71. The lowest BCUT2D eigenvalue weighted by molar-refractivity contribution is 0.306. The van der Waals surface area contributed by atoms with E-state index >= 15 is 0 Å². The molecule has 0 aromatic heterocycles. The lowest BCUT2D eigenvalue weighted by Crippen LogP contribution is -1.96. The minimum atomic E-state index is 0.403. The first-order chi connectivity index (χ1) is 8.58. The molecule has 0 saturated heterocycles. The number of rotatable bonds is 3. The van der Waals surface area contributed by atoms with E-state index in [1.807, 2.05) is 37.3 Å². The van der Waals surface area contributed by atoms with E-state index < -0.39 is 0 Å². The minimum absolute atomic E-state index is 0.403. The lowest BCUT2D eigenvalue weighted by Gasteiger charge is -2.09. The van der Waals surface area contributed by atoms with E-state index in [1.54, 1.807) is 6.07 Å². The second-order valence-corrected chi connectivity index (χ2v) is 5.55. The molecule has 18 heavy (non-hydrogen) atoms. The summed E-state index contributed by atoms with van der Waals surface area (Å²) in [5, 5.41) is 1.10. The Hall–Kier alpha value is -0.700. The molecule has 0 unspecified atom stereocenters. The molecule has 0 radical (unpaired) electrons. The van der Waals surface area contributed by atoms with Gasteiger partial charge in [0.25, 0.3) is 0 Å². The molecule has 0 amide bonds. The van der Waals surface area contributed by atoms with Crippen molar-refractivity contribution in [1.29, 1.82) is 0 Å². The van der Waals surface area contributed by atoms with Gasteiger partial charge in [-0.15, -0.1) is 0 Å². The van der Waals surface area contributed by atoms with Gasteiger partial charge in [-0.2, -0.15) is 0 Å². The molecule has 0 heterocycles. The summed E-state index contributed by atoms with van der Waals surface area (Å²) in [6.45, 7) is 2.42. The summed E-state index contributed by atoms with van der Waals surface area (Å²) in [5.41, 5.74) is 2.01. The van der Waals surface area contributed by atoms with Crippen molar-refractivity contribution in [2.45, 2.75) is 13.5 Å². The van der Waals surface area contributed by atoms with Crippen molar-refractivity contribution in [2.24, 2.45) is 0 Å². The van der Waals surface area contributed by atoms with Crippen LogP contribution in [0, 0.1) is 6.92 Å². The molecule has 0 bridgehead atoms. The van der Waals surface area contributed by atoms with Gasteiger partial charge in [-0.05, 0) is 36.8 Å². The number of benzene rings is 2. The van der Waals surface area contributed by atoms with Crippen molar-refractivity contribution in [3.05, 3.63) is 62.0 Å². The molecular formula is C14H11BrCl2O. The number of hydrogen-bond donors (Lipinski definition) is 0. The van der Waals surface area contributed by atoms with Gasteiger partial charge < -0.3 is 4.74 Å². The van der Waals surface area contributed by atoms with E-state index in [-0.39, 0.29) is 0 Å². The van der Waals surface area contributed by atoms with Crippen LogP contribution in [-0.2, 0) is 6.61 Å². The van der Waals surface area contributed by atoms with E-state index in [0.29, 0.717) is 16.7 Å². The third-order valence-corrected chi connectivity index (χ3v) is 4.30. The zero-order chi connectivity index (χ0) is 13.1. The molecule has 0 fully saturated rings. The molecule has 0 aliphatic carbocycles. The van der Waals surface area contributed by atoms with Crippen molar-refractivity contribution in [3.63, 3.8) is 0 Å². The van der Waals surface area contributed by atoms with E-state index in [4.69, 9.17) is 27.9 Å². The first-order valence-electron chi connectivity index (χ1n) is 5.40. The Balaban J connectivity index is 2.11. The molecule has 2 rings (SSSR count). The summed E-state index contributed by atoms with van der Waals surface area (Å²) in [6.07, 6.45) is 0. The van der Waals surface area contributed by atoms with Gasteiger partial charge in [0.05, 0.1) is 10.0 Å². The van der Waals surface area contributed by atoms with Crippen LogP contribution in [0.5, 0.6) is 5.75 Å². The van der Waals surface area contributed by atoms with Crippen molar-refractivity contribution in [3.8, 4) is 5.75 Å². The predicted octanol–water partition coefficient (Wildman–Crippen LogP) is 5.64. The highest BCUT2D eigenvalue weighted by Gasteiger charge is 2.05. The van der Waals surface area contributed by atoms with Crippen molar-refractivity contribution < 1.29 is 4.74 Å². The van der Waals surface area contributed by atoms with Gasteiger partial charge in [-0.1, -0.05) is 51.3 Å². The molecule has 0 saturated carbocycles. The van der Waals surface area contributed by atoms with Gasteiger partial charge in [0.2, 0.25) is 0 Å². The average molecular weight is 346 g/mol. The molecular weight excluding hydrogens is 335 g/mol. The van der Waals surface area contributed by atoms with Gasteiger partial charge in [-0.3, -0.25) is 0 Å². The molecule has 0 atom stereocenters. The maximum absolute atomic E-state index is 6.10. The van der Waals surface area contributed by atoms with Gasteiger partial charge >= 0.3 is 0 Å². The van der Waals surface area contributed by atoms with Gasteiger partial charge in [0.1, 0.15) is 12.4 Å². The average Bonchev–Trinajstić information content (AvgIpc) is 2.35. The molecule has 0 aliphatic heterocycles. The SMILES string of the molecule is Cc1cc(OCc2cccc(Cl)c2Cl)ccc1Br. The van der Waals surface area contributed by atoms with E-state index in [2.05, 4.69) is 15.9 Å². The second-order valence-electron chi connectivity index (χ2n) is 3.91. The maximum atomic E-state index is 6.10. The highest BCUT2D eigenvalue weighted by molar-refractivity contribution is 9.10. The van der Waals surface area contributed by atoms with E-state index in [0.717, 1.165) is 21.3 Å². The van der Waals surface area contributed by atoms with Crippen LogP contribution in [0.15, 0.2) is 40.9 Å². The van der Waals surface area contributed by atoms with Crippen LogP contribution in [0.3, 0.4) is 0 Å². The first-order valence-corrected chi connectivity index (χ1v) is 6.94. The Labute approximate surface area is 125 Å². The molecule has 0 N–H and O–H groups in total. The van der Waals surface area contributed by atoms with Crippen molar-refractivity contribution in [1.82, 2.24) is 0 Å². The normalized spacial score (nSPS) is 10.4. The Morgan fingerprint density at radius 2 is 1.94 bits per heavy atom. The largest absolute Gasteiger partial charge is 0.489 e. The van der Waals surface area contributed by atoms with E-state index in [1.165, 1.54) is 0 Å². The smallest absolute Gasteiger partial charge is 0.120 e. The Bertz CT molecular complexity index is 570. The fourth-order valence-corrected chi connectivity index (χ4v) is 2.15. The van der Waals surface area contributed by atoms with Crippen LogP contribution in [0.25, 0.3) is 0 Å². The highest BCUT2D eigenvalue weighted by atomic mass is 79.9. The van der Waals surface area contributed by atoms with E-state index in [9.17, 15) is 0 Å².